The standard InChI is InChI=1S/C31H46O4/c1-19(2)12-11-16-29(10)23(14-13-20(3)4)18-28(9)25(33)30(17-15-21(5)6)26(34)31(29,27(28)35-30)24(32)22(7)8/h12-13,15,22-23,27H,11,14,16-18H2,1-10H3/t23-,27-,28+,29+,30+,31-/m0/s1. The largest absolute Gasteiger partial charge is 0.353 e. The molecule has 2 bridgehead atoms. The van der Waals surface area contributed by atoms with Gasteiger partial charge in [-0.25, -0.2) is 0 Å². The molecule has 0 aromatic rings. The van der Waals surface area contributed by atoms with Crippen molar-refractivity contribution in [2.45, 2.75) is 113 Å². The van der Waals surface area contributed by atoms with Crippen LogP contribution in [-0.2, 0) is 19.1 Å². The maximum atomic E-state index is 14.7. The first-order valence-electron chi connectivity index (χ1n) is 13.3. The normalized spacial score (nSPS) is 37.5. The summed E-state index contributed by atoms with van der Waals surface area (Å²) in [6.07, 6.45) is 8.76. The molecule has 3 fully saturated rings. The maximum absolute atomic E-state index is 14.7. The zero-order valence-electron chi connectivity index (χ0n) is 23.6. The minimum absolute atomic E-state index is 0.0305. The number of carbonyl (C=O) groups is 3. The lowest BCUT2D eigenvalue weighted by Gasteiger charge is -2.61. The zero-order valence-corrected chi connectivity index (χ0v) is 23.6. The van der Waals surface area contributed by atoms with Crippen molar-refractivity contribution in [1.82, 2.24) is 0 Å². The summed E-state index contributed by atoms with van der Waals surface area (Å²) in [4.78, 5) is 43.1. The lowest BCUT2D eigenvalue weighted by Crippen LogP contribution is -2.73. The molecule has 2 aliphatic heterocycles. The van der Waals surface area contributed by atoms with Gasteiger partial charge in [-0.15, -0.1) is 0 Å². The molecule has 0 spiro atoms. The monoisotopic (exact) mass is 482 g/mol. The molecule has 35 heavy (non-hydrogen) atoms. The molecule has 2 saturated heterocycles. The Labute approximate surface area is 212 Å². The first-order chi connectivity index (χ1) is 16.1. The second kappa shape index (κ2) is 9.25. The van der Waals surface area contributed by atoms with Gasteiger partial charge < -0.3 is 4.74 Å². The van der Waals surface area contributed by atoms with Gasteiger partial charge in [0.1, 0.15) is 5.41 Å². The summed E-state index contributed by atoms with van der Waals surface area (Å²) in [6.45, 7) is 20.1. The Morgan fingerprint density at radius 3 is 2.03 bits per heavy atom. The van der Waals surface area contributed by atoms with Crippen molar-refractivity contribution in [3.63, 3.8) is 0 Å². The average Bonchev–Trinajstić information content (AvgIpc) is 3.15. The van der Waals surface area contributed by atoms with E-state index in [9.17, 15) is 14.4 Å². The van der Waals surface area contributed by atoms with E-state index in [-0.39, 0.29) is 35.6 Å². The van der Waals surface area contributed by atoms with Crippen molar-refractivity contribution >= 4 is 17.3 Å². The van der Waals surface area contributed by atoms with Crippen molar-refractivity contribution in [3.05, 3.63) is 34.9 Å². The molecule has 4 heteroatoms. The summed E-state index contributed by atoms with van der Waals surface area (Å²) in [7, 11) is 0. The number of fused-ring (bicyclic) bond motifs is 1. The van der Waals surface area contributed by atoms with Crippen LogP contribution in [0.25, 0.3) is 0 Å². The third-order valence-electron chi connectivity index (χ3n) is 9.11. The molecular formula is C31H46O4. The fraction of sp³-hybridized carbons (Fsp3) is 0.710. The quantitative estimate of drug-likeness (QED) is 0.263. The molecule has 4 nitrogen and oxygen atoms in total. The summed E-state index contributed by atoms with van der Waals surface area (Å²) in [5.41, 5.74) is -0.838. The molecule has 0 unspecified atom stereocenters. The highest BCUT2D eigenvalue weighted by Crippen LogP contribution is 2.73. The van der Waals surface area contributed by atoms with Crippen LogP contribution in [0.5, 0.6) is 0 Å². The number of hydrogen-bond acceptors (Lipinski definition) is 4. The summed E-state index contributed by atoms with van der Waals surface area (Å²) in [5, 5.41) is 0. The Hall–Kier alpha value is -1.81. The van der Waals surface area contributed by atoms with Gasteiger partial charge in [0.25, 0.3) is 0 Å². The van der Waals surface area contributed by atoms with Crippen molar-refractivity contribution in [2.75, 3.05) is 0 Å². The number of allylic oxidation sites excluding steroid dienone is 5. The van der Waals surface area contributed by atoms with Crippen LogP contribution in [0.4, 0.5) is 0 Å². The Morgan fingerprint density at radius 1 is 0.943 bits per heavy atom. The predicted octanol–water partition coefficient (Wildman–Crippen LogP) is 6.98. The molecule has 6 atom stereocenters. The fourth-order valence-electron chi connectivity index (χ4n) is 7.29. The molecule has 3 rings (SSSR count). The van der Waals surface area contributed by atoms with E-state index in [4.69, 9.17) is 4.74 Å². The van der Waals surface area contributed by atoms with Gasteiger partial charge >= 0.3 is 0 Å². The third kappa shape index (κ3) is 3.86. The molecule has 0 amide bonds. The number of carbonyl (C=O) groups excluding carboxylic acids is 3. The molecule has 2 heterocycles. The molecule has 1 saturated carbocycles. The van der Waals surface area contributed by atoms with E-state index in [1.54, 1.807) is 0 Å². The van der Waals surface area contributed by atoms with Gasteiger partial charge in [-0.2, -0.15) is 0 Å². The Morgan fingerprint density at radius 2 is 1.51 bits per heavy atom. The van der Waals surface area contributed by atoms with Crippen molar-refractivity contribution in [2.24, 2.45) is 28.1 Å². The molecule has 0 aromatic carbocycles. The van der Waals surface area contributed by atoms with E-state index in [2.05, 4.69) is 46.8 Å². The number of Topliss-reactive ketones (excluding diaryl/α,β-unsaturated/α-hetero) is 3. The van der Waals surface area contributed by atoms with Crippen LogP contribution in [-0.4, -0.2) is 29.1 Å². The molecule has 0 aromatic heterocycles. The summed E-state index contributed by atoms with van der Waals surface area (Å²) in [5.74, 6) is -0.727. The number of ether oxygens (including phenoxy) is 1. The fourth-order valence-corrected chi connectivity index (χ4v) is 7.29. The highest BCUT2D eigenvalue weighted by molar-refractivity contribution is 6.27. The average molecular weight is 483 g/mol. The van der Waals surface area contributed by atoms with Gasteiger partial charge in [0.2, 0.25) is 0 Å². The summed E-state index contributed by atoms with van der Waals surface area (Å²) in [6, 6.07) is 0. The first-order valence-corrected chi connectivity index (χ1v) is 13.3. The SMILES string of the molecule is CC(C)=CCC[C@]1(C)[C@@H](CC=C(C)C)C[C@]2(C)C(=O)[C@@]3(CC=C(C)C)O[C@@H]2[C@]1(C(=O)C(C)C)C3=O. The molecular weight excluding hydrogens is 436 g/mol. The maximum Gasteiger partial charge on any atom is 0.189 e. The Kier molecular flexibility index (Phi) is 7.34. The van der Waals surface area contributed by atoms with Gasteiger partial charge in [0.15, 0.2) is 23.0 Å². The minimum atomic E-state index is -1.54. The van der Waals surface area contributed by atoms with Crippen LogP contribution in [0, 0.1) is 28.1 Å². The Balaban J connectivity index is 2.31. The van der Waals surface area contributed by atoms with Crippen LogP contribution >= 0.6 is 0 Å². The van der Waals surface area contributed by atoms with Gasteiger partial charge in [-0.05, 0) is 85.5 Å². The molecule has 194 valence electrons. The predicted molar refractivity (Wildman–Crippen MR) is 141 cm³/mol. The first kappa shape index (κ1) is 27.8. The summed E-state index contributed by atoms with van der Waals surface area (Å²) < 4.78 is 6.58. The number of rotatable bonds is 9. The van der Waals surface area contributed by atoms with E-state index in [1.807, 2.05) is 40.7 Å². The van der Waals surface area contributed by atoms with Gasteiger partial charge in [0.05, 0.1) is 11.5 Å². The van der Waals surface area contributed by atoms with E-state index in [0.717, 1.165) is 18.4 Å². The smallest absolute Gasteiger partial charge is 0.189 e. The van der Waals surface area contributed by atoms with E-state index >= 15 is 0 Å². The van der Waals surface area contributed by atoms with Crippen LogP contribution in [0.1, 0.15) is 101 Å². The van der Waals surface area contributed by atoms with Gasteiger partial charge in [0, 0.05) is 12.3 Å². The van der Waals surface area contributed by atoms with E-state index < -0.39 is 27.9 Å². The number of ketones is 3. The number of hydrogen-bond donors (Lipinski definition) is 0. The molecule has 3 aliphatic rings. The van der Waals surface area contributed by atoms with Crippen LogP contribution < -0.4 is 0 Å². The van der Waals surface area contributed by atoms with Gasteiger partial charge in [-0.3, -0.25) is 14.4 Å². The van der Waals surface area contributed by atoms with Gasteiger partial charge in [-0.1, -0.05) is 55.7 Å². The van der Waals surface area contributed by atoms with Crippen molar-refractivity contribution in [3.8, 4) is 0 Å². The van der Waals surface area contributed by atoms with E-state index in [1.165, 1.54) is 11.1 Å². The zero-order chi connectivity index (χ0) is 26.6. The summed E-state index contributed by atoms with van der Waals surface area (Å²) >= 11 is 0. The second-order valence-corrected chi connectivity index (χ2v) is 12.9. The van der Waals surface area contributed by atoms with Crippen LogP contribution in [0.3, 0.4) is 0 Å². The lowest BCUT2D eigenvalue weighted by atomic mass is 9.37. The van der Waals surface area contributed by atoms with Crippen molar-refractivity contribution in [1.29, 1.82) is 0 Å². The van der Waals surface area contributed by atoms with E-state index in [0.29, 0.717) is 12.8 Å². The Bertz CT molecular complexity index is 1000. The second-order valence-electron chi connectivity index (χ2n) is 12.9. The van der Waals surface area contributed by atoms with Crippen molar-refractivity contribution < 1.29 is 19.1 Å². The lowest BCUT2D eigenvalue weighted by molar-refractivity contribution is -0.184. The van der Waals surface area contributed by atoms with Crippen LogP contribution in [0.2, 0.25) is 0 Å². The highest BCUT2D eigenvalue weighted by Gasteiger charge is 2.87. The molecule has 0 N–H and O–H groups in total. The molecule has 0 radical (unpaired) electrons. The van der Waals surface area contributed by atoms with Crippen LogP contribution in [0.15, 0.2) is 34.9 Å². The third-order valence-corrected chi connectivity index (χ3v) is 9.11. The highest BCUT2D eigenvalue weighted by atomic mass is 16.5. The minimum Gasteiger partial charge on any atom is -0.353 e. The molecule has 1 aliphatic carbocycles. The topological polar surface area (TPSA) is 60.4 Å².